The summed E-state index contributed by atoms with van der Waals surface area (Å²) in [5.74, 6) is 0.865. The molecular formula is C13H18N2O. The third kappa shape index (κ3) is 3.21. The zero-order valence-corrected chi connectivity index (χ0v) is 9.63. The average molecular weight is 218 g/mol. The molecule has 0 bridgehead atoms. The number of aliphatic hydroxyl groups is 1. The van der Waals surface area contributed by atoms with Crippen LogP contribution in [0.25, 0.3) is 0 Å². The maximum Gasteiger partial charge on any atom is 0.129 e. The Labute approximate surface area is 96.7 Å². The normalized spacial score (nSPS) is 11.9. The summed E-state index contributed by atoms with van der Waals surface area (Å²) in [6, 6.07) is 3.78. The number of pyridine rings is 1. The number of hydrogen-bond donors (Lipinski definition) is 1. The monoisotopic (exact) mass is 218 g/mol. The lowest BCUT2D eigenvalue weighted by atomic mass is 10.2. The van der Waals surface area contributed by atoms with Crippen LogP contribution in [0.2, 0.25) is 0 Å². The van der Waals surface area contributed by atoms with E-state index in [9.17, 15) is 5.11 Å². The second-order valence-electron chi connectivity index (χ2n) is 3.61. The number of nitrogens with zero attached hydrogens (tertiary/aromatic N) is 2. The standard InChI is InChI=1S/C13H18N2O/c1-4-8-15(9-5-2)13-7-6-12(10-14-13)11(3)16/h4-7,10-11,16H,1-2,8-9H2,3H3/t11-/m0/s1. The number of rotatable bonds is 6. The molecule has 3 nitrogen and oxygen atoms in total. The van der Waals surface area contributed by atoms with E-state index in [1.54, 1.807) is 13.1 Å². The van der Waals surface area contributed by atoms with E-state index in [4.69, 9.17) is 0 Å². The van der Waals surface area contributed by atoms with E-state index >= 15 is 0 Å². The van der Waals surface area contributed by atoms with Crippen LogP contribution >= 0.6 is 0 Å². The van der Waals surface area contributed by atoms with Crippen LogP contribution in [0.1, 0.15) is 18.6 Å². The Bertz CT molecular complexity index is 333. The molecule has 0 aliphatic rings. The third-order valence-corrected chi connectivity index (χ3v) is 2.28. The molecule has 3 heteroatoms. The minimum Gasteiger partial charge on any atom is -0.389 e. The van der Waals surface area contributed by atoms with E-state index in [1.807, 2.05) is 29.2 Å². The smallest absolute Gasteiger partial charge is 0.129 e. The zero-order valence-electron chi connectivity index (χ0n) is 9.63. The fourth-order valence-electron chi connectivity index (χ4n) is 1.40. The maximum atomic E-state index is 9.37. The van der Waals surface area contributed by atoms with Crippen molar-refractivity contribution in [2.75, 3.05) is 18.0 Å². The van der Waals surface area contributed by atoms with Crippen LogP contribution in [0.4, 0.5) is 5.82 Å². The quantitative estimate of drug-likeness (QED) is 0.744. The van der Waals surface area contributed by atoms with Gasteiger partial charge in [0.2, 0.25) is 0 Å². The number of anilines is 1. The molecule has 0 unspecified atom stereocenters. The van der Waals surface area contributed by atoms with Crippen molar-refractivity contribution in [3.63, 3.8) is 0 Å². The van der Waals surface area contributed by atoms with Crippen molar-refractivity contribution in [3.05, 3.63) is 49.2 Å². The van der Waals surface area contributed by atoms with Crippen LogP contribution in [-0.4, -0.2) is 23.2 Å². The van der Waals surface area contributed by atoms with Crippen molar-refractivity contribution in [2.24, 2.45) is 0 Å². The van der Waals surface area contributed by atoms with Crippen molar-refractivity contribution in [2.45, 2.75) is 13.0 Å². The lowest BCUT2D eigenvalue weighted by Crippen LogP contribution is -2.24. The van der Waals surface area contributed by atoms with Gasteiger partial charge in [-0.15, -0.1) is 13.2 Å². The van der Waals surface area contributed by atoms with E-state index in [0.717, 1.165) is 24.5 Å². The lowest BCUT2D eigenvalue weighted by Gasteiger charge is -2.20. The molecule has 0 aromatic carbocycles. The fourth-order valence-corrected chi connectivity index (χ4v) is 1.40. The summed E-state index contributed by atoms with van der Waals surface area (Å²) >= 11 is 0. The first-order chi connectivity index (χ1) is 7.69. The van der Waals surface area contributed by atoms with Crippen molar-refractivity contribution < 1.29 is 5.11 Å². The summed E-state index contributed by atoms with van der Waals surface area (Å²) in [4.78, 5) is 6.36. The molecule has 0 saturated carbocycles. The van der Waals surface area contributed by atoms with Gasteiger partial charge in [-0.2, -0.15) is 0 Å². The molecule has 86 valence electrons. The van der Waals surface area contributed by atoms with E-state index in [2.05, 4.69) is 18.1 Å². The van der Waals surface area contributed by atoms with Crippen molar-refractivity contribution in [3.8, 4) is 0 Å². The number of hydrogen-bond acceptors (Lipinski definition) is 3. The van der Waals surface area contributed by atoms with Gasteiger partial charge in [0.1, 0.15) is 5.82 Å². The highest BCUT2D eigenvalue weighted by Gasteiger charge is 2.06. The van der Waals surface area contributed by atoms with E-state index in [1.165, 1.54) is 0 Å². The first kappa shape index (κ1) is 12.5. The van der Waals surface area contributed by atoms with Gasteiger partial charge in [0.25, 0.3) is 0 Å². The van der Waals surface area contributed by atoms with Gasteiger partial charge >= 0.3 is 0 Å². The molecule has 16 heavy (non-hydrogen) atoms. The Morgan fingerprint density at radius 3 is 2.38 bits per heavy atom. The summed E-state index contributed by atoms with van der Waals surface area (Å²) in [6.45, 7) is 10.6. The second kappa shape index (κ2) is 6.08. The minimum absolute atomic E-state index is 0.478. The third-order valence-electron chi connectivity index (χ3n) is 2.28. The van der Waals surface area contributed by atoms with E-state index in [-0.39, 0.29) is 0 Å². The molecule has 1 atom stereocenters. The number of aliphatic hydroxyl groups excluding tert-OH is 1. The molecule has 1 aromatic rings. The molecule has 0 saturated heterocycles. The molecule has 1 rings (SSSR count). The van der Waals surface area contributed by atoms with Gasteiger partial charge in [0.15, 0.2) is 0 Å². The molecule has 0 fully saturated rings. The van der Waals surface area contributed by atoms with Gasteiger partial charge in [-0.1, -0.05) is 18.2 Å². The Hall–Kier alpha value is -1.61. The largest absolute Gasteiger partial charge is 0.389 e. The van der Waals surface area contributed by atoms with Crippen molar-refractivity contribution in [1.82, 2.24) is 4.98 Å². The van der Waals surface area contributed by atoms with Crippen LogP contribution in [0.15, 0.2) is 43.6 Å². The van der Waals surface area contributed by atoms with E-state index in [0.29, 0.717) is 0 Å². The second-order valence-corrected chi connectivity index (χ2v) is 3.61. The molecule has 1 N–H and O–H groups in total. The van der Waals surface area contributed by atoms with Gasteiger partial charge in [-0.3, -0.25) is 0 Å². The SMILES string of the molecule is C=CCN(CC=C)c1ccc([C@H](C)O)cn1. The van der Waals surface area contributed by atoms with Gasteiger partial charge in [-0.05, 0) is 18.6 Å². The molecule has 0 spiro atoms. The molecular weight excluding hydrogens is 200 g/mol. The predicted octanol–water partition coefficient (Wildman–Crippen LogP) is 2.31. The fraction of sp³-hybridized carbons (Fsp3) is 0.308. The zero-order chi connectivity index (χ0) is 12.0. The van der Waals surface area contributed by atoms with E-state index < -0.39 is 6.10 Å². The predicted molar refractivity (Wildman–Crippen MR) is 67.5 cm³/mol. The van der Waals surface area contributed by atoms with Gasteiger partial charge in [0.05, 0.1) is 6.10 Å². The Kier molecular flexibility index (Phi) is 4.73. The Balaban J connectivity index is 2.84. The van der Waals surface area contributed by atoms with Crippen LogP contribution in [0, 0.1) is 0 Å². The summed E-state index contributed by atoms with van der Waals surface area (Å²) in [5.41, 5.74) is 0.820. The molecule has 0 aliphatic carbocycles. The van der Waals surface area contributed by atoms with Gasteiger partial charge < -0.3 is 10.0 Å². The molecule has 1 aromatic heterocycles. The summed E-state index contributed by atoms with van der Waals surface area (Å²) in [6.07, 6.45) is 4.87. The summed E-state index contributed by atoms with van der Waals surface area (Å²) < 4.78 is 0. The average Bonchev–Trinajstić information content (AvgIpc) is 2.29. The van der Waals surface area contributed by atoms with Crippen molar-refractivity contribution in [1.29, 1.82) is 0 Å². The molecule has 1 heterocycles. The first-order valence-corrected chi connectivity index (χ1v) is 5.29. The maximum absolute atomic E-state index is 9.37. The van der Waals surface area contributed by atoms with Crippen LogP contribution in [-0.2, 0) is 0 Å². The molecule has 0 aliphatic heterocycles. The summed E-state index contributed by atoms with van der Waals surface area (Å²) in [7, 11) is 0. The summed E-state index contributed by atoms with van der Waals surface area (Å²) in [5, 5.41) is 9.37. The van der Waals surface area contributed by atoms with Crippen LogP contribution in [0.3, 0.4) is 0 Å². The molecule has 0 radical (unpaired) electrons. The number of aromatic nitrogens is 1. The molecule has 0 amide bonds. The van der Waals surface area contributed by atoms with Crippen molar-refractivity contribution >= 4 is 5.82 Å². The highest BCUT2D eigenvalue weighted by molar-refractivity contribution is 5.41. The lowest BCUT2D eigenvalue weighted by molar-refractivity contribution is 0.199. The van der Waals surface area contributed by atoms with Crippen LogP contribution in [0.5, 0.6) is 0 Å². The van der Waals surface area contributed by atoms with Gasteiger partial charge in [0, 0.05) is 19.3 Å². The Morgan fingerprint density at radius 2 is 2.00 bits per heavy atom. The van der Waals surface area contributed by atoms with Crippen LogP contribution < -0.4 is 4.90 Å². The Morgan fingerprint density at radius 1 is 1.38 bits per heavy atom. The topological polar surface area (TPSA) is 36.4 Å². The van der Waals surface area contributed by atoms with Gasteiger partial charge in [-0.25, -0.2) is 4.98 Å². The minimum atomic E-state index is -0.478. The highest BCUT2D eigenvalue weighted by atomic mass is 16.3. The first-order valence-electron chi connectivity index (χ1n) is 5.29. The highest BCUT2D eigenvalue weighted by Crippen LogP contribution is 2.15.